The second-order valence-electron chi connectivity index (χ2n) is 2.81. The van der Waals surface area contributed by atoms with Crippen LogP contribution in [-0.2, 0) is 4.62 Å². The number of nitrogens with zero attached hydrogens (tertiary/aromatic N) is 1. The molecule has 0 aliphatic heterocycles. The highest BCUT2D eigenvalue weighted by Gasteiger charge is 2.33. The number of nitrogens with two attached hydrogens (primary N) is 1. The molecule has 11 heteroatoms. The highest BCUT2D eigenvalue weighted by molar-refractivity contribution is 7.58. The van der Waals surface area contributed by atoms with Gasteiger partial charge in [0, 0.05) is 6.54 Å². The Balaban J connectivity index is 4.28. The number of aliphatic hydroxyl groups is 1. The van der Waals surface area contributed by atoms with Gasteiger partial charge in [0.15, 0.2) is 12.6 Å². The predicted molar refractivity (Wildman–Crippen MR) is 49.3 cm³/mol. The third-order valence-electron chi connectivity index (χ3n) is 1.34. The van der Waals surface area contributed by atoms with E-state index in [4.69, 9.17) is 19.8 Å². The van der Waals surface area contributed by atoms with E-state index in [-0.39, 0.29) is 6.54 Å². The fourth-order valence-electron chi connectivity index (χ4n) is 0.874. The molecular formula is C4H14N2O7P2. The summed E-state index contributed by atoms with van der Waals surface area (Å²) in [7, 11) is -8.46. The van der Waals surface area contributed by atoms with Crippen molar-refractivity contribution in [1.29, 1.82) is 0 Å². The van der Waals surface area contributed by atoms with Gasteiger partial charge in [-0.25, -0.2) is 19.6 Å². The van der Waals surface area contributed by atoms with Crippen LogP contribution in [0.1, 0.15) is 0 Å². The first-order valence-corrected chi connectivity index (χ1v) is 7.34. The molecule has 0 saturated carbocycles. The van der Waals surface area contributed by atoms with Crippen LogP contribution in [0.4, 0.5) is 0 Å². The van der Waals surface area contributed by atoms with Gasteiger partial charge in [-0.3, -0.25) is 0 Å². The third-order valence-corrected chi connectivity index (χ3v) is 3.20. The van der Waals surface area contributed by atoms with Gasteiger partial charge >= 0.3 is 0 Å². The molecule has 0 saturated heterocycles. The lowest BCUT2D eigenvalue weighted by atomic mass is 10.6. The standard InChI is InChI=1S/C4H14N2O7P2/c5-13-15(11,12)4-6(1-2-7)3-14(8,9)10/h7H,1-5H2,(H,11,12)(H2,8,9,10). The van der Waals surface area contributed by atoms with Crippen molar-refractivity contribution in [2.75, 3.05) is 25.7 Å². The van der Waals surface area contributed by atoms with Crippen molar-refractivity contribution in [3.63, 3.8) is 0 Å². The maximum absolute atomic E-state index is 11.0. The van der Waals surface area contributed by atoms with Crippen molar-refractivity contribution in [1.82, 2.24) is 4.90 Å². The molecule has 92 valence electrons. The lowest BCUT2D eigenvalue weighted by Crippen LogP contribution is -2.37. The first kappa shape index (κ1) is 15.5. The van der Waals surface area contributed by atoms with Gasteiger partial charge in [-0.05, 0) is 0 Å². The molecule has 0 bridgehead atoms. The van der Waals surface area contributed by atoms with Gasteiger partial charge in [-0.15, -0.1) is 4.62 Å². The van der Waals surface area contributed by atoms with E-state index in [2.05, 4.69) is 10.5 Å². The molecule has 0 aliphatic rings. The zero-order chi connectivity index (χ0) is 12.1. The van der Waals surface area contributed by atoms with E-state index in [1.807, 2.05) is 0 Å². The molecule has 0 aromatic rings. The van der Waals surface area contributed by atoms with E-state index >= 15 is 0 Å². The zero-order valence-electron chi connectivity index (χ0n) is 7.76. The minimum Gasteiger partial charge on any atom is -0.631 e. The minimum atomic E-state index is -4.36. The second-order valence-corrected chi connectivity index (χ2v) is 6.19. The Morgan fingerprint density at radius 3 is 2.07 bits per heavy atom. The van der Waals surface area contributed by atoms with Crippen molar-refractivity contribution >= 4 is 15.9 Å². The van der Waals surface area contributed by atoms with Gasteiger partial charge < -0.3 is 14.9 Å². The fourth-order valence-corrected chi connectivity index (χ4v) is 2.61. The molecular weight excluding hydrogens is 250 g/mol. The van der Waals surface area contributed by atoms with E-state index in [0.717, 1.165) is 4.90 Å². The number of hydrogen-bond donors (Lipinski definition) is 5. The highest BCUT2D eigenvalue weighted by Crippen LogP contribution is 2.47. The van der Waals surface area contributed by atoms with Crippen molar-refractivity contribution in [2.45, 2.75) is 0 Å². The molecule has 9 nitrogen and oxygen atoms in total. The molecule has 15 heavy (non-hydrogen) atoms. The molecule has 0 rings (SSSR count). The Hall–Kier alpha value is 0.500. The Bertz CT molecular complexity index is 186. The summed E-state index contributed by atoms with van der Waals surface area (Å²) in [5, 5.41) is 8.57. The van der Waals surface area contributed by atoms with E-state index in [0.29, 0.717) is 0 Å². The molecule has 0 radical (unpaired) electrons. The van der Waals surface area contributed by atoms with Crippen LogP contribution in [0.5, 0.6) is 0 Å². The van der Waals surface area contributed by atoms with Gasteiger partial charge in [-0.1, -0.05) is 0 Å². The average molecular weight is 264 g/mol. The summed E-state index contributed by atoms with van der Waals surface area (Å²) in [5.41, 5.74) is 0. The van der Waals surface area contributed by atoms with Gasteiger partial charge in [0.2, 0.25) is 7.94 Å². The topological polar surface area (TPSA) is 166 Å². The quantitative estimate of drug-likeness (QED) is 0.230. The molecule has 0 aromatic carbocycles. The van der Waals surface area contributed by atoms with Crippen LogP contribution in [0.25, 0.3) is 0 Å². The van der Waals surface area contributed by atoms with E-state index in [1.54, 1.807) is 0 Å². The average Bonchev–Trinajstić information content (AvgIpc) is 2.01. The fraction of sp³-hybridized carbons (Fsp3) is 1.00. The predicted octanol–water partition coefficient (Wildman–Crippen LogP) is -3.69. The van der Waals surface area contributed by atoms with E-state index in [1.165, 1.54) is 0 Å². The molecule has 0 amide bonds. The minimum absolute atomic E-state index is 0.168. The van der Waals surface area contributed by atoms with Gasteiger partial charge in [-0.2, -0.15) is 5.90 Å². The van der Waals surface area contributed by atoms with Crippen LogP contribution >= 0.6 is 15.9 Å². The van der Waals surface area contributed by atoms with Crippen LogP contribution in [-0.4, -0.2) is 50.4 Å². The Kier molecular flexibility index (Phi) is 6.50. The van der Waals surface area contributed by atoms with Crippen LogP contribution in [0.3, 0.4) is 0 Å². The summed E-state index contributed by atoms with van der Waals surface area (Å²) in [6, 6.07) is 0. The maximum atomic E-state index is 11.0. The first-order chi connectivity index (χ1) is 6.70. The SMILES string of the molecule is NO[P+]([O-])(O)CN(CCO)C[P+]([O-])(O)O. The summed E-state index contributed by atoms with van der Waals surface area (Å²) in [6.45, 7) is -0.580. The number of rotatable bonds is 7. The normalized spacial score (nSPS) is 16.8. The monoisotopic (exact) mass is 264 g/mol. The largest absolute Gasteiger partial charge is 0.631 e. The summed E-state index contributed by atoms with van der Waals surface area (Å²) < 4.78 is 3.76. The summed E-state index contributed by atoms with van der Waals surface area (Å²) >= 11 is 0. The highest BCUT2D eigenvalue weighted by atomic mass is 31.2. The van der Waals surface area contributed by atoms with Crippen molar-refractivity contribution in [2.24, 2.45) is 5.90 Å². The van der Waals surface area contributed by atoms with Gasteiger partial charge in [0.25, 0.3) is 7.94 Å². The van der Waals surface area contributed by atoms with Crippen LogP contribution < -0.4 is 15.7 Å². The molecule has 1 unspecified atom stereocenters. The number of aliphatic hydroxyl groups excluding tert-OH is 1. The molecule has 0 fully saturated rings. The molecule has 0 aliphatic carbocycles. The van der Waals surface area contributed by atoms with Crippen molar-refractivity contribution < 1.29 is 34.2 Å². The summed E-state index contributed by atoms with van der Waals surface area (Å²) in [5.74, 6) is 4.52. The van der Waals surface area contributed by atoms with Gasteiger partial charge in [0.05, 0.1) is 6.61 Å². The molecule has 0 aromatic heterocycles. The third kappa shape index (κ3) is 8.32. The van der Waals surface area contributed by atoms with Gasteiger partial charge in [0.1, 0.15) is 0 Å². The van der Waals surface area contributed by atoms with E-state index in [9.17, 15) is 9.79 Å². The van der Waals surface area contributed by atoms with Crippen LogP contribution in [0.15, 0.2) is 0 Å². The van der Waals surface area contributed by atoms with Crippen LogP contribution in [0.2, 0.25) is 0 Å². The first-order valence-electron chi connectivity index (χ1n) is 3.78. The van der Waals surface area contributed by atoms with E-state index < -0.39 is 35.1 Å². The van der Waals surface area contributed by atoms with Crippen LogP contribution in [0, 0.1) is 0 Å². The zero-order valence-corrected chi connectivity index (χ0v) is 9.55. The Labute approximate surface area is 87.5 Å². The molecule has 0 spiro atoms. The van der Waals surface area contributed by atoms with Crippen molar-refractivity contribution in [3.8, 4) is 0 Å². The second kappa shape index (κ2) is 6.29. The molecule has 1 atom stereocenters. The number of hydrogen-bond acceptors (Lipinski definition) is 9. The van der Waals surface area contributed by atoms with Crippen molar-refractivity contribution in [3.05, 3.63) is 0 Å². The Morgan fingerprint density at radius 2 is 1.73 bits per heavy atom. The molecule has 6 N–H and O–H groups in total. The lowest BCUT2D eigenvalue weighted by Gasteiger charge is -2.28. The Morgan fingerprint density at radius 1 is 1.20 bits per heavy atom. The summed E-state index contributed by atoms with van der Waals surface area (Å²) in [6.07, 6.45) is -1.41. The molecule has 0 heterocycles. The smallest absolute Gasteiger partial charge is 0.273 e. The maximum Gasteiger partial charge on any atom is 0.273 e. The summed E-state index contributed by atoms with van der Waals surface area (Å²) in [4.78, 5) is 48.7. The lowest BCUT2D eigenvalue weighted by molar-refractivity contribution is -0.217.